The number of ether oxygens (including phenoxy) is 2. The van der Waals surface area contributed by atoms with Crippen LogP contribution in [0, 0.1) is 5.92 Å². The van der Waals surface area contributed by atoms with Crippen molar-refractivity contribution in [3.63, 3.8) is 0 Å². The average molecular weight is 435 g/mol. The molecule has 0 bridgehead atoms. The number of methoxy groups -OCH3 is 2. The van der Waals surface area contributed by atoms with Crippen molar-refractivity contribution in [3.05, 3.63) is 54.5 Å². The number of hydrogen-bond acceptors (Lipinski definition) is 6. The molecule has 4 rings (SSSR count). The molecule has 2 aromatic heterocycles. The van der Waals surface area contributed by atoms with Gasteiger partial charge in [0.25, 0.3) is 5.91 Å². The second kappa shape index (κ2) is 9.51. The molecular formula is C23H25N5O4. The molecule has 3 heterocycles. The number of hydrogen-bond donors (Lipinski definition) is 2. The lowest BCUT2D eigenvalue weighted by atomic mass is 9.96. The summed E-state index contributed by atoms with van der Waals surface area (Å²) in [5.74, 6) is 0.546. The third-order valence-electron chi connectivity index (χ3n) is 5.46. The van der Waals surface area contributed by atoms with E-state index in [0.717, 1.165) is 12.0 Å². The molecule has 0 saturated carbocycles. The molecule has 1 fully saturated rings. The first-order valence-corrected chi connectivity index (χ1v) is 10.4. The highest BCUT2D eigenvalue weighted by Gasteiger charge is 2.30. The largest absolute Gasteiger partial charge is 0.497 e. The fourth-order valence-electron chi connectivity index (χ4n) is 3.76. The topological polar surface area (TPSA) is 109 Å². The standard InChI is InChI=1S/C23H25N5O4/c1-31-18-9-17(10-19(11-18)32-2)25-22(29)16-6-4-8-28(14-16)23(30)21-12-20(26-27-21)15-5-3-7-24-13-15/h3,5,7,9-13,16H,4,6,8,14H2,1-2H3,(H,25,29)(H,26,27). The van der Waals surface area contributed by atoms with Crippen LogP contribution < -0.4 is 14.8 Å². The van der Waals surface area contributed by atoms with Gasteiger partial charge in [0.1, 0.15) is 17.2 Å². The minimum Gasteiger partial charge on any atom is -0.497 e. The van der Waals surface area contributed by atoms with E-state index in [1.807, 2.05) is 12.1 Å². The molecule has 9 heteroatoms. The van der Waals surface area contributed by atoms with Crippen LogP contribution in [0.3, 0.4) is 0 Å². The number of aromatic nitrogens is 3. The Morgan fingerprint density at radius 1 is 1.16 bits per heavy atom. The van der Waals surface area contributed by atoms with Crippen LogP contribution in [0.4, 0.5) is 5.69 Å². The normalized spacial score (nSPS) is 15.8. The number of benzene rings is 1. The monoisotopic (exact) mass is 435 g/mol. The number of pyridine rings is 1. The van der Waals surface area contributed by atoms with Crippen molar-refractivity contribution in [2.24, 2.45) is 5.92 Å². The number of nitrogens with one attached hydrogen (secondary N) is 2. The lowest BCUT2D eigenvalue weighted by Gasteiger charge is -2.31. The summed E-state index contributed by atoms with van der Waals surface area (Å²) in [5.41, 5.74) is 2.46. The molecule has 1 unspecified atom stereocenters. The predicted molar refractivity (Wildman–Crippen MR) is 119 cm³/mol. The third kappa shape index (κ3) is 4.72. The molecule has 1 aliphatic heterocycles. The zero-order valence-electron chi connectivity index (χ0n) is 18.0. The van der Waals surface area contributed by atoms with E-state index in [0.29, 0.717) is 48.1 Å². The fraction of sp³-hybridized carbons (Fsp3) is 0.304. The summed E-state index contributed by atoms with van der Waals surface area (Å²) >= 11 is 0. The Morgan fingerprint density at radius 2 is 1.94 bits per heavy atom. The highest BCUT2D eigenvalue weighted by Crippen LogP contribution is 2.27. The number of likely N-dealkylation sites (tertiary alicyclic amines) is 1. The molecule has 166 valence electrons. The maximum absolute atomic E-state index is 13.0. The summed E-state index contributed by atoms with van der Waals surface area (Å²) in [4.78, 5) is 31.7. The lowest BCUT2D eigenvalue weighted by molar-refractivity contribution is -0.121. The Balaban J connectivity index is 1.42. The average Bonchev–Trinajstić information content (AvgIpc) is 3.34. The number of aromatic amines is 1. The van der Waals surface area contributed by atoms with Crippen molar-refractivity contribution in [3.8, 4) is 22.8 Å². The van der Waals surface area contributed by atoms with E-state index in [4.69, 9.17) is 9.47 Å². The molecular weight excluding hydrogens is 410 g/mol. The second-order valence-electron chi connectivity index (χ2n) is 7.59. The van der Waals surface area contributed by atoms with Crippen LogP contribution >= 0.6 is 0 Å². The maximum Gasteiger partial charge on any atom is 0.271 e. The van der Waals surface area contributed by atoms with Gasteiger partial charge < -0.3 is 19.7 Å². The van der Waals surface area contributed by atoms with E-state index in [9.17, 15) is 9.59 Å². The second-order valence-corrected chi connectivity index (χ2v) is 7.59. The first-order valence-electron chi connectivity index (χ1n) is 10.4. The van der Waals surface area contributed by atoms with Crippen molar-refractivity contribution in [2.45, 2.75) is 12.8 Å². The van der Waals surface area contributed by atoms with E-state index < -0.39 is 0 Å². The molecule has 1 aliphatic rings. The zero-order valence-corrected chi connectivity index (χ0v) is 18.0. The SMILES string of the molecule is COc1cc(NC(=O)C2CCCN(C(=O)c3cc(-c4cccnc4)n[nH]3)C2)cc(OC)c1. The van der Waals surface area contributed by atoms with Gasteiger partial charge in [0.15, 0.2) is 0 Å². The van der Waals surface area contributed by atoms with E-state index >= 15 is 0 Å². The van der Waals surface area contributed by atoms with Gasteiger partial charge >= 0.3 is 0 Å². The number of carbonyl (C=O) groups excluding carboxylic acids is 2. The van der Waals surface area contributed by atoms with Gasteiger partial charge in [0.05, 0.1) is 25.8 Å². The Labute approximate surface area is 185 Å². The molecule has 1 saturated heterocycles. The summed E-state index contributed by atoms with van der Waals surface area (Å²) in [6.45, 7) is 0.934. The number of nitrogens with zero attached hydrogens (tertiary/aromatic N) is 3. The third-order valence-corrected chi connectivity index (χ3v) is 5.46. The molecule has 1 aromatic carbocycles. The summed E-state index contributed by atoms with van der Waals surface area (Å²) in [6, 6.07) is 10.6. The smallest absolute Gasteiger partial charge is 0.271 e. The van der Waals surface area contributed by atoms with Crippen LogP contribution in [0.2, 0.25) is 0 Å². The summed E-state index contributed by atoms with van der Waals surface area (Å²) < 4.78 is 10.5. The molecule has 1 atom stereocenters. The van der Waals surface area contributed by atoms with Gasteiger partial charge in [-0.1, -0.05) is 0 Å². The van der Waals surface area contributed by atoms with Crippen LogP contribution in [0.25, 0.3) is 11.3 Å². The van der Waals surface area contributed by atoms with Crippen molar-refractivity contribution < 1.29 is 19.1 Å². The molecule has 2 N–H and O–H groups in total. The van der Waals surface area contributed by atoms with Gasteiger partial charge in [0, 0.05) is 54.9 Å². The highest BCUT2D eigenvalue weighted by atomic mass is 16.5. The molecule has 32 heavy (non-hydrogen) atoms. The van der Waals surface area contributed by atoms with Gasteiger partial charge in [-0.15, -0.1) is 0 Å². The minimum absolute atomic E-state index is 0.140. The first kappa shape index (κ1) is 21.4. The molecule has 9 nitrogen and oxygen atoms in total. The zero-order chi connectivity index (χ0) is 22.5. The van der Waals surface area contributed by atoms with Gasteiger partial charge in [-0.2, -0.15) is 5.10 Å². The number of H-pyrrole nitrogens is 1. The van der Waals surface area contributed by atoms with Crippen LogP contribution in [-0.2, 0) is 4.79 Å². The predicted octanol–water partition coefficient (Wildman–Crippen LogP) is 2.98. The number of amides is 2. The Hall–Kier alpha value is -3.88. The van der Waals surface area contributed by atoms with Crippen LogP contribution in [0.1, 0.15) is 23.3 Å². The highest BCUT2D eigenvalue weighted by molar-refractivity contribution is 5.96. The van der Waals surface area contributed by atoms with E-state index in [1.165, 1.54) is 0 Å². The molecule has 0 spiro atoms. The summed E-state index contributed by atoms with van der Waals surface area (Å²) in [7, 11) is 3.11. The van der Waals surface area contributed by atoms with Gasteiger partial charge in [-0.25, -0.2) is 0 Å². The van der Waals surface area contributed by atoms with E-state index in [1.54, 1.807) is 55.8 Å². The van der Waals surface area contributed by atoms with Crippen LogP contribution in [0.15, 0.2) is 48.8 Å². The van der Waals surface area contributed by atoms with Crippen molar-refractivity contribution in [1.29, 1.82) is 0 Å². The fourth-order valence-corrected chi connectivity index (χ4v) is 3.76. The van der Waals surface area contributed by atoms with Gasteiger partial charge in [-0.3, -0.25) is 19.7 Å². The summed E-state index contributed by atoms with van der Waals surface area (Å²) in [6.07, 6.45) is 4.83. The van der Waals surface area contributed by atoms with E-state index in [-0.39, 0.29) is 17.7 Å². The molecule has 0 radical (unpaired) electrons. The van der Waals surface area contributed by atoms with Gasteiger partial charge in [-0.05, 0) is 31.0 Å². The van der Waals surface area contributed by atoms with Crippen LogP contribution in [0.5, 0.6) is 11.5 Å². The van der Waals surface area contributed by atoms with E-state index in [2.05, 4.69) is 20.5 Å². The Morgan fingerprint density at radius 3 is 2.62 bits per heavy atom. The Bertz CT molecular complexity index is 1080. The number of piperidine rings is 1. The maximum atomic E-state index is 13.0. The molecule has 0 aliphatic carbocycles. The first-order chi connectivity index (χ1) is 15.6. The molecule has 3 aromatic rings. The number of anilines is 1. The molecule has 2 amide bonds. The van der Waals surface area contributed by atoms with Gasteiger partial charge in [0.2, 0.25) is 5.91 Å². The number of carbonyl (C=O) groups is 2. The van der Waals surface area contributed by atoms with Crippen molar-refractivity contribution >= 4 is 17.5 Å². The van der Waals surface area contributed by atoms with Crippen molar-refractivity contribution in [1.82, 2.24) is 20.1 Å². The van der Waals surface area contributed by atoms with Crippen molar-refractivity contribution in [2.75, 3.05) is 32.6 Å². The van der Waals surface area contributed by atoms with Crippen LogP contribution in [-0.4, -0.2) is 59.2 Å². The minimum atomic E-state index is -0.314. The Kier molecular flexibility index (Phi) is 6.34. The summed E-state index contributed by atoms with van der Waals surface area (Å²) in [5, 5.41) is 9.96. The lowest BCUT2D eigenvalue weighted by Crippen LogP contribution is -2.43. The number of rotatable bonds is 6. The quantitative estimate of drug-likeness (QED) is 0.616.